The summed E-state index contributed by atoms with van der Waals surface area (Å²) in [7, 11) is 2.94. The monoisotopic (exact) mass is 256 g/mol. The molecule has 1 aromatic rings. The lowest BCUT2D eigenvalue weighted by Gasteiger charge is -2.20. The van der Waals surface area contributed by atoms with E-state index in [1.165, 1.54) is 24.5 Å². The first kappa shape index (κ1) is 14.0. The molecule has 100 valence electrons. The fourth-order valence-electron chi connectivity index (χ4n) is 1.33. The van der Waals surface area contributed by atoms with Gasteiger partial charge < -0.3 is 24.5 Å². The Morgan fingerprint density at radius 2 is 2.33 bits per heavy atom. The first-order chi connectivity index (χ1) is 8.54. The summed E-state index contributed by atoms with van der Waals surface area (Å²) in [6.07, 6.45) is 3.03. The largest absolute Gasteiger partial charge is 0.480 e. The summed E-state index contributed by atoms with van der Waals surface area (Å²) in [5.74, 6) is -1.14. The highest BCUT2D eigenvalue weighted by Gasteiger charge is 2.21. The lowest BCUT2D eigenvalue weighted by atomic mass is 10.3. The summed E-state index contributed by atoms with van der Waals surface area (Å²) in [6.45, 7) is 0.252. The SMILES string of the molecule is COCC(NC(=O)N(C)Cc1ccoc1)C(=O)O. The van der Waals surface area contributed by atoms with Gasteiger partial charge in [0.15, 0.2) is 6.04 Å². The Bertz CT molecular complexity index is 390. The Labute approximate surface area is 104 Å². The van der Waals surface area contributed by atoms with E-state index >= 15 is 0 Å². The molecule has 0 aliphatic heterocycles. The molecule has 0 fully saturated rings. The number of urea groups is 1. The number of hydrogen-bond donors (Lipinski definition) is 2. The van der Waals surface area contributed by atoms with Crippen molar-refractivity contribution in [3.8, 4) is 0 Å². The van der Waals surface area contributed by atoms with Crippen LogP contribution in [-0.2, 0) is 16.1 Å². The van der Waals surface area contributed by atoms with Crippen LogP contribution in [0.2, 0.25) is 0 Å². The van der Waals surface area contributed by atoms with Crippen molar-refractivity contribution < 1.29 is 23.8 Å². The number of carboxylic acids is 1. The van der Waals surface area contributed by atoms with Crippen LogP contribution >= 0.6 is 0 Å². The standard InChI is InChI=1S/C11H16N2O5/c1-13(5-8-3-4-18-6-8)11(16)12-9(7-17-2)10(14)15/h3-4,6,9H,5,7H2,1-2H3,(H,12,16)(H,14,15). The van der Waals surface area contributed by atoms with E-state index in [0.29, 0.717) is 6.54 Å². The molecule has 1 aromatic heterocycles. The van der Waals surface area contributed by atoms with Gasteiger partial charge in [-0.25, -0.2) is 9.59 Å². The number of amides is 2. The fraction of sp³-hybridized carbons (Fsp3) is 0.455. The molecule has 0 radical (unpaired) electrons. The maximum absolute atomic E-state index is 11.7. The third-order valence-electron chi connectivity index (χ3n) is 2.28. The zero-order valence-electron chi connectivity index (χ0n) is 10.3. The fourth-order valence-corrected chi connectivity index (χ4v) is 1.33. The molecular formula is C11H16N2O5. The maximum atomic E-state index is 11.7. The lowest BCUT2D eigenvalue weighted by Crippen LogP contribution is -2.48. The highest BCUT2D eigenvalue weighted by atomic mass is 16.5. The Hall–Kier alpha value is -2.02. The van der Waals surface area contributed by atoms with Crippen LogP contribution < -0.4 is 5.32 Å². The second kappa shape index (κ2) is 6.65. The molecule has 0 saturated carbocycles. The number of carboxylic acid groups (broad SMARTS) is 1. The molecule has 0 spiro atoms. The minimum atomic E-state index is -1.14. The van der Waals surface area contributed by atoms with Crippen molar-refractivity contribution >= 4 is 12.0 Å². The first-order valence-corrected chi connectivity index (χ1v) is 5.29. The summed E-state index contributed by atoms with van der Waals surface area (Å²) in [4.78, 5) is 23.9. The average molecular weight is 256 g/mol. The molecule has 18 heavy (non-hydrogen) atoms. The van der Waals surface area contributed by atoms with Crippen LogP contribution in [0.15, 0.2) is 23.0 Å². The lowest BCUT2D eigenvalue weighted by molar-refractivity contribution is -0.140. The molecule has 7 nitrogen and oxygen atoms in total. The number of carbonyl (C=O) groups is 2. The molecule has 0 saturated heterocycles. The van der Waals surface area contributed by atoms with Crippen molar-refractivity contribution in [3.63, 3.8) is 0 Å². The van der Waals surface area contributed by atoms with E-state index in [0.717, 1.165) is 5.56 Å². The van der Waals surface area contributed by atoms with Gasteiger partial charge in [0.2, 0.25) is 0 Å². The normalized spacial score (nSPS) is 11.9. The van der Waals surface area contributed by atoms with Gasteiger partial charge in [-0.3, -0.25) is 0 Å². The van der Waals surface area contributed by atoms with E-state index in [1.807, 2.05) is 0 Å². The number of ether oxygens (including phenoxy) is 1. The predicted molar refractivity (Wildman–Crippen MR) is 62.0 cm³/mol. The number of nitrogens with one attached hydrogen (secondary N) is 1. The van der Waals surface area contributed by atoms with E-state index in [9.17, 15) is 9.59 Å². The van der Waals surface area contributed by atoms with Gasteiger partial charge in [-0.05, 0) is 6.07 Å². The summed E-state index contributed by atoms with van der Waals surface area (Å²) < 4.78 is 9.60. The van der Waals surface area contributed by atoms with Crippen molar-refractivity contribution in [2.75, 3.05) is 20.8 Å². The summed E-state index contributed by atoms with van der Waals surface area (Å²) in [6, 6.07) is 0.183. The Kier molecular flexibility index (Phi) is 5.19. The molecule has 0 aliphatic carbocycles. The van der Waals surface area contributed by atoms with Crippen molar-refractivity contribution in [2.45, 2.75) is 12.6 Å². The highest BCUT2D eigenvalue weighted by molar-refractivity contribution is 5.82. The number of hydrogen-bond acceptors (Lipinski definition) is 4. The zero-order valence-corrected chi connectivity index (χ0v) is 10.3. The van der Waals surface area contributed by atoms with Crippen LogP contribution in [0.25, 0.3) is 0 Å². The second-order valence-corrected chi connectivity index (χ2v) is 3.78. The van der Waals surface area contributed by atoms with E-state index in [-0.39, 0.29) is 6.61 Å². The molecule has 1 heterocycles. The molecule has 2 N–H and O–H groups in total. The van der Waals surface area contributed by atoms with Crippen molar-refractivity contribution in [1.29, 1.82) is 0 Å². The second-order valence-electron chi connectivity index (χ2n) is 3.78. The van der Waals surface area contributed by atoms with Crippen molar-refractivity contribution in [2.24, 2.45) is 0 Å². The molecule has 7 heteroatoms. The number of aliphatic carboxylic acids is 1. The van der Waals surface area contributed by atoms with E-state index in [2.05, 4.69) is 5.32 Å². The van der Waals surface area contributed by atoms with Crippen LogP contribution in [0.3, 0.4) is 0 Å². The van der Waals surface area contributed by atoms with Gasteiger partial charge in [0.25, 0.3) is 0 Å². The number of furan rings is 1. The summed E-state index contributed by atoms with van der Waals surface area (Å²) in [5, 5.41) is 11.2. The molecule has 2 amide bonds. The summed E-state index contributed by atoms with van der Waals surface area (Å²) in [5.41, 5.74) is 0.825. The van der Waals surface area contributed by atoms with Gasteiger partial charge >= 0.3 is 12.0 Å². The molecule has 1 rings (SSSR count). The molecule has 1 unspecified atom stereocenters. The van der Waals surface area contributed by atoms with E-state index in [1.54, 1.807) is 13.1 Å². The topological polar surface area (TPSA) is 92.0 Å². The number of methoxy groups -OCH3 is 1. The smallest absolute Gasteiger partial charge is 0.328 e. The van der Waals surface area contributed by atoms with E-state index in [4.69, 9.17) is 14.3 Å². The Morgan fingerprint density at radius 3 is 2.83 bits per heavy atom. The predicted octanol–water partition coefficient (Wildman–Crippen LogP) is 0.521. The highest BCUT2D eigenvalue weighted by Crippen LogP contribution is 2.04. The van der Waals surface area contributed by atoms with Gasteiger partial charge in [0.1, 0.15) is 0 Å². The minimum absolute atomic E-state index is 0.0827. The van der Waals surface area contributed by atoms with Crippen LogP contribution in [0.4, 0.5) is 4.79 Å². The maximum Gasteiger partial charge on any atom is 0.328 e. The van der Waals surface area contributed by atoms with Gasteiger partial charge in [0.05, 0.1) is 25.7 Å². The molecule has 1 atom stereocenters. The van der Waals surface area contributed by atoms with Gasteiger partial charge in [-0.1, -0.05) is 0 Å². The zero-order chi connectivity index (χ0) is 13.5. The number of rotatable bonds is 6. The summed E-state index contributed by atoms with van der Waals surface area (Å²) >= 11 is 0. The third-order valence-corrected chi connectivity index (χ3v) is 2.28. The first-order valence-electron chi connectivity index (χ1n) is 5.29. The van der Waals surface area contributed by atoms with Crippen LogP contribution in [0.5, 0.6) is 0 Å². The van der Waals surface area contributed by atoms with Crippen LogP contribution in [0.1, 0.15) is 5.56 Å². The van der Waals surface area contributed by atoms with Crippen molar-refractivity contribution in [1.82, 2.24) is 10.2 Å². The number of nitrogens with zero attached hydrogens (tertiary/aromatic N) is 1. The Morgan fingerprint density at radius 1 is 1.61 bits per heavy atom. The van der Waals surface area contributed by atoms with Gasteiger partial charge in [-0.15, -0.1) is 0 Å². The third kappa shape index (κ3) is 4.10. The van der Waals surface area contributed by atoms with E-state index < -0.39 is 18.0 Å². The minimum Gasteiger partial charge on any atom is -0.480 e. The molecule has 0 aliphatic rings. The van der Waals surface area contributed by atoms with Gasteiger partial charge in [0, 0.05) is 19.7 Å². The van der Waals surface area contributed by atoms with Crippen LogP contribution in [0, 0.1) is 0 Å². The number of carbonyl (C=O) groups excluding carboxylic acids is 1. The van der Waals surface area contributed by atoms with Crippen molar-refractivity contribution in [3.05, 3.63) is 24.2 Å². The molecule has 0 aromatic carbocycles. The van der Waals surface area contributed by atoms with Crippen LogP contribution in [-0.4, -0.2) is 48.8 Å². The Balaban J connectivity index is 2.50. The quantitative estimate of drug-likeness (QED) is 0.774. The molecular weight excluding hydrogens is 240 g/mol. The molecule has 0 bridgehead atoms. The van der Waals surface area contributed by atoms with Gasteiger partial charge in [-0.2, -0.15) is 0 Å². The average Bonchev–Trinajstić information content (AvgIpc) is 2.80.